The van der Waals surface area contributed by atoms with E-state index in [1.807, 2.05) is 31.2 Å². The van der Waals surface area contributed by atoms with Gasteiger partial charge in [-0.1, -0.05) is 78.8 Å². The van der Waals surface area contributed by atoms with E-state index in [1.165, 1.54) is 5.56 Å². The lowest BCUT2D eigenvalue weighted by atomic mass is 9.76. The Morgan fingerprint density at radius 3 is 2.00 bits per heavy atom. The first-order valence-corrected chi connectivity index (χ1v) is 13.8. The number of anilines is 2. The first-order chi connectivity index (χ1) is 18.5. The fourth-order valence-electron chi connectivity index (χ4n) is 4.10. The predicted molar refractivity (Wildman–Crippen MR) is 160 cm³/mol. The van der Waals surface area contributed by atoms with Gasteiger partial charge < -0.3 is 10.1 Å². The van der Waals surface area contributed by atoms with Crippen molar-refractivity contribution in [3.63, 3.8) is 0 Å². The Morgan fingerprint density at radius 1 is 0.795 bits per heavy atom. The maximum atomic E-state index is 13.2. The van der Waals surface area contributed by atoms with Gasteiger partial charge >= 0.3 is 0 Å². The number of rotatable bonds is 12. The lowest BCUT2D eigenvalue weighted by Crippen LogP contribution is -2.33. The monoisotopic (exact) mass is 529 g/mol. The number of amides is 2. The van der Waals surface area contributed by atoms with E-state index >= 15 is 0 Å². The molecule has 2 amide bonds. The quantitative estimate of drug-likeness (QED) is 0.211. The van der Waals surface area contributed by atoms with Crippen LogP contribution in [0.15, 0.2) is 72.8 Å². The van der Waals surface area contributed by atoms with Gasteiger partial charge in [0, 0.05) is 16.8 Å². The van der Waals surface area contributed by atoms with Gasteiger partial charge in [-0.15, -0.1) is 0 Å². The minimum absolute atomic E-state index is 0.0595. The normalized spacial score (nSPS) is 12.4. The molecule has 3 rings (SSSR count). The molecule has 6 heteroatoms. The SMILES string of the molecule is CCC(Oc1ccc(C(C)(C)CC)cc1C(C)(C)CC)C(=O)Nc1ccc(NNC(=O)c2ccccc2)cc1. The number of carbonyl (C=O) groups is 2. The summed E-state index contributed by atoms with van der Waals surface area (Å²) in [6, 6.07) is 22.5. The van der Waals surface area contributed by atoms with Crippen molar-refractivity contribution in [1.29, 1.82) is 0 Å². The number of hydrazine groups is 1. The van der Waals surface area contributed by atoms with Crippen molar-refractivity contribution >= 4 is 23.2 Å². The molecule has 0 spiro atoms. The van der Waals surface area contributed by atoms with Gasteiger partial charge in [0.15, 0.2) is 6.10 Å². The van der Waals surface area contributed by atoms with Gasteiger partial charge in [0.05, 0.1) is 5.69 Å². The molecule has 0 aliphatic rings. The minimum atomic E-state index is -0.635. The van der Waals surface area contributed by atoms with Crippen molar-refractivity contribution in [1.82, 2.24) is 5.43 Å². The fourth-order valence-corrected chi connectivity index (χ4v) is 4.10. The van der Waals surface area contributed by atoms with Gasteiger partial charge in [0.2, 0.25) is 0 Å². The highest BCUT2D eigenvalue weighted by molar-refractivity contribution is 5.95. The summed E-state index contributed by atoms with van der Waals surface area (Å²) in [6.07, 6.45) is 1.89. The van der Waals surface area contributed by atoms with Crippen LogP contribution in [0.2, 0.25) is 0 Å². The zero-order valence-corrected chi connectivity index (χ0v) is 24.4. The number of ether oxygens (including phenoxy) is 1. The zero-order valence-electron chi connectivity index (χ0n) is 24.4. The molecule has 0 aromatic heterocycles. The van der Waals surface area contributed by atoms with E-state index in [-0.39, 0.29) is 22.6 Å². The molecule has 3 aromatic carbocycles. The van der Waals surface area contributed by atoms with Gasteiger partial charge in [-0.25, -0.2) is 0 Å². The van der Waals surface area contributed by atoms with Crippen LogP contribution in [-0.2, 0) is 15.6 Å². The van der Waals surface area contributed by atoms with Gasteiger partial charge in [-0.05, 0) is 78.1 Å². The highest BCUT2D eigenvalue weighted by atomic mass is 16.5. The average Bonchev–Trinajstić information content (AvgIpc) is 2.95. The second kappa shape index (κ2) is 12.8. The van der Waals surface area contributed by atoms with Crippen LogP contribution in [0.3, 0.4) is 0 Å². The Labute approximate surface area is 233 Å². The third kappa shape index (κ3) is 7.62. The van der Waals surface area contributed by atoms with Crippen molar-refractivity contribution in [2.45, 2.75) is 84.7 Å². The van der Waals surface area contributed by atoms with Crippen LogP contribution in [0.5, 0.6) is 5.75 Å². The van der Waals surface area contributed by atoms with Crippen LogP contribution in [0.25, 0.3) is 0 Å². The summed E-state index contributed by atoms with van der Waals surface area (Å²) in [5.41, 5.74) is 9.85. The maximum Gasteiger partial charge on any atom is 0.269 e. The van der Waals surface area contributed by atoms with Crippen LogP contribution in [0, 0.1) is 0 Å². The van der Waals surface area contributed by atoms with Crippen LogP contribution in [0.1, 0.15) is 89.2 Å². The van der Waals surface area contributed by atoms with Gasteiger partial charge in [0.25, 0.3) is 11.8 Å². The topological polar surface area (TPSA) is 79.5 Å². The smallest absolute Gasteiger partial charge is 0.269 e. The fraction of sp³-hybridized carbons (Fsp3) is 0.394. The zero-order chi connectivity index (χ0) is 28.6. The van der Waals surface area contributed by atoms with Gasteiger partial charge in [0.1, 0.15) is 5.75 Å². The highest BCUT2D eigenvalue weighted by Crippen LogP contribution is 2.39. The standard InChI is InChI=1S/C33H43N3O3/c1-8-28(39-29-21-16-24(32(4,5)9-2)22-27(29)33(6,7)10-3)31(38)34-25-17-19-26(20-18-25)35-36-30(37)23-14-12-11-13-15-23/h11-22,28,35H,8-10H2,1-7H3,(H,34,38)(H,36,37). The molecule has 1 atom stereocenters. The Hall–Kier alpha value is -3.80. The first kappa shape index (κ1) is 29.8. The van der Waals surface area contributed by atoms with E-state index in [2.05, 4.69) is 69.8 Å². The molecule has 0 bridgehead atoms. The third-order valence-electron chi connectivity index (χ3n) is 7.70. The number of hydrogen-bond acceptors (Lipinski definition) is 4. The van der Waals surface area contributed by atoms with E-state index in [4.69, 9.17) is 4.74 Å². The molecule has 0 radical (unpaired) electrons. The summed E-state index contributed by atoms with van der Waals surface area (Å²) in [4.78, 5) is 25.4. The minimum Gasteiger partial charge on any atom is -0.480 e. The summed E-state index contributed by atoms with van der Waals surface area (Å²) < 4.78 is 6.38. The Morgan fingerprint density at radius 2 is 1.41 bits per heavy atom. The molecule has 39 heavy (non-hydrogen) atoms. The molecule has 1 unspecified atom stereocenters. The molecule has 6 nitrogen and oxygen atoms in total. The molecule has 0 saturated carbocycles. The van der Waals surface area contributed by atoms with Crippen molar-refractivity contribution < 1.29 is 14.3 Å². The van der Waals surface area contributed by atoms with Crippen LogP contribution < -0.4 is 20.9 Å². The van der Waals surface area contributed by atoms with Crippen molar-refractivity contribution in [2.24, 2.45) is 0 Å². The Kier molecular flexibility index (Phi) is 9.79. The summed E-state index contributed by atoms with van der Waals surface area (Å²) in [6.45, 7) is 15.3. The average molecular weight is 530 g/mol. The number of carbonyl (C=O) groups excluding carboxylic acids is 2. The molecule has 0 heterocycles. The van der Waals surface area contributed by atoms with Crippen LogP contribution in [-0.4, -0.2) is 17.9 Å². The van der Waals surface area contributed by atoms with Crippen molar-refractivity contribution in [3.8, 4) is 5.75 Å². The maximum absolute atomic E-state index is 13.2. The third-order valence-corrected chi connectivity index (χ3v) is 7.70. The first-order valence-electron chi connectivity index (χ1n) is 13.8. The Balaban J connectivity index is 1.69. The second-order valence-electron chi connectivity index (χ2n) is 11.2. The van der Waals surface area contributed by atoms with E-state index in [9.17, 15) is 9.59 Å². The van der Waals surface area contributed by atoms with Gasteiger partial charge in [-0.2, -0.15) is 0 Å². The largest absolute Gasteiger partial charge is 0.480 e. The molecule has 0 aliphatic heterocycles. The summed E-state index contributed by atoms with van der Waals surface area (Å²) in [5, 5.41) is 2.97. The molecule has 0 fully saturated rings. The van der Waals surface area contributed by atoms with E-state index in [0.717, 1.165) is 24.2 Å². The highest BCUT2D eigenvalue weighted by Gasteiger charge is 2.28. The molecule has 3 aromatic rings. The van der Waals surface area contributed by atoms with Crippen LogP contribution in [0.4, 0.5) is 11.4 Å². The molecular weight excluding hydrogens is 486 g/mol. The molecule has 0 aliphatic carbocycles. The summed E-state index contributed by atoms with van der Waals surface area (Å²) in [5.74, 6) is 0.329. The number of benzene rings is 3. The second-order valence-corrected chi connectivity index (χ2v) is 11.2. The number of nitrogens with one attached hydrogen (secondary N) is 3. The molecule has 208 valence electrons. The van der Waals surface area contributed by atoms with E-state index < -0.39 is 6.10 Å². The van der Waals surface area contributed by atoms with Crippen molar-refractivity contribution in [2.75, 3.05) is 10.7 Å². The lowest BCUT2D eigenvalue weighted by Gasteiger charge is -2.31. The van der Waals surface area contributed by atoms with E-state index in [1.54, 1.807) is 36.4 Å². The van der Waals surface area contributed by atoms with E-state index in [0.29, 0.717) is 23.4 Å². The molecule has 3 N–H and O–H groups in total. The summed E-state index contributed by atoms with van der Waals surface area (Å²) >= 11 is 0. The molecule has 0 saturated heterocycles. The van der Waals surface area contributed by atoms with Crippen molar-refractivity contribution in [3.05, 3.63) is 89.5 Å². The molecular formula is C33H43N3O3. The lowest BCUT2D eigenvalue weighted by molar-refractivity contribution is -0.122. The Bertz CT molecular complexity index is 1250. The van der Waals surface area contributed by atoms with Gasteiger partial charge in [-0.3, -0.25) is 20.4 Å². The predicted octanol–water partition coefficient (Wildman–Crippen LogP) is 7.61. The van der Waals surface area contributed by atoms with Crippen LogP contribution >= 0.6 is 0 Å². The summed E-state index contributed by atoms with van der Waals surface area (Å²) in [7, 11) is 0. The number of hydrogen-bond donors (Lipinski definition) is 3.